The first-order valence-electron chi connectivity index (χ1n) is 8.76. The first-order valence-corrected chi connectivity index (χ1v) is 8.76. The van der Waals surface area contributed by atoms with Gasteiger partial charge in [0.15, 0.2) is 0 Å². The molecule has 4 heteroatoms. The van der Waals surface area contributed by atoms with E-state index < -0.39 is 0 Å². The lowest BCUT2D eigenvalue weighted by Crippen LogP contribution is -2.63. The van der Waals surface area contributed by atoms with Gasteiger partial charge in [-0.05, 0) is 37.6 Å². The van der Waals surface area contributed by atoms with Gasteiger partial charge >= 0.3 is 0 Å². The molecule has 0 amide bonds. The summed E-state index contributed by atoms with van der Waals surface area (Å²) < 4.78 is 0. The fourth-order valence-electron chi connectivity index (χ4n) is 4.25. The van der Waals surface area contributed by atoms with E-state index in [4.69, 9.17) is 5.73 Å². The molecule has 0 aromatic rings. The summed E-state index contributed by atoms with van der Waals surface area (Å²) in [4.78, 5) is 2.74. The Hall–Kier alpha value is -0.160. The highest BCUT2D eigenvalue weighted by molar-refractivity contribution is 5.01. The molecule has 20 heavy (non-hydrogen) atoms. The summed E-state index contributed by atoms with van der Waals surface area (Å²) in [6.07, 6.45) is 8.83. The van der Waals surface area contributed by atoms with Gasteiger partial charge in [0.2, 0.25) is 0 Å². The van der Waals surface area contributed by atoms with Crippen molar-refractivity contribution in [2.45, 2.75) is 63.7 Å². The molecule has 3 rings (SSSR count). The van der Waals surface area contributed by atoms with E-state index in [0.717, 1.165) is 31.5 Å². The summed E-state index contributed by atoms with van der Waals surface area (Å²) in [6.45, 7) is 6.79. The van der Waals surface area contributed by atoms with Crippen LogP contribution in [0.15, 0.2) is 0 Å². The number of hydrogen-bond donors (Lipinski definition) is 3. The highest BCUT2D eigenvalue weighted by Gasteiger charge is 2.45. The summed E-state index contributed by atoms with van der Waals surface area (Å²) in [5, 5.41) is 7.28. The molecular formula is C16H32N4. The molecule has 4 atom stereocenters. The summed E-state index contributed by atoms with van der Waals surface area (Å²) in [7, 11) is 0. The van der Waals surface area contributed by atoms with Gasteiger partial charge in [-0.25, -0.2) is 0 Å². The lowest BCUT2D eigenvalue weighted by molar-refractivity contribution is 0.0659. The van der Waals surface area contributed by atoms with E-state index in [1.807, 2.05) is 0 Å². The number of hydrogen-bond acceptors (Lipinski definition) is 4. The minimum absolute atomic E-state index is 0.302. The SMILES string of the molecule is CCCCCC1CNCC(N)C1N1CCNC1C1CC1. The Labute approximate surface area is 123 Å². The quantitative estimate of drug-likeness (QED) is 0.638. The fourth-order valence-corrected chi connectivity index (χ4v) is 4.25. The molecule has 0 aromatic carbocycles. The van der Waals surface area contributed by atoms with Gasteiger partial charge in [0.25, 0.3) is 0 Å². The van der Waals surface area contributed by atoms with E-state index in [1.165, 1.54) is 45.1 Å². The first-order chi connectivity index (χ1) is 9.81. The van der Waals surface area contributed by atoms with E-state index in [1.54, 1.807) is 0 Å². The maximum absolute atomic E-state index is 6.50. The van der Waals surface area contributed by atoms with Crippen LogP contribution in [0.5, 0.6) is 0 Å². The lowest BCUT2D eigenvalue weighted by atomic mass is 9.84. The van der Waals surface area contributed by atoms with Crippen LogP contribution in [-0.2, 0) is 0 Å². The highest BCUT2D eigenvalue weighted by Crippen LogP contribution is 2.38. The fraction of sp³-hybridized carbons (Fsp3) is 1.00. The summed E-state index contributed by atoms with van der Waals surface area (Å²) in [6, 6.07) is 0.894. The number of nitrogens with two attached hydrogens (primary N) is 1. The van der Waals surface area contributed by atoms with E-state index in [2.05, 4.69) is 22.5 Å². The zero-order valence-electron chi connectivity index (χ0n) is 13.0. The summed E-state index contributed by atoms with van der Waals surface area (Å²) in [5.41, 5.74) is 6.50. The molecule has 0 radical (unpaired) electrons. The maximum atomic E-state index is 6.50. The molecule has 1 saturated carbocycles. The molecule has 2 saturated heterocycles. The summed E-state index contributed by atoms with van der Waals surface area (Å²) >= 11 is 0. The molecule has 0 spiro atoms. The standard InChI is InChI=1S/C16H32N4/c1-2-3-4-5-13-10-18-11-14(17)15(13)20-9-8-19-16(20)12-6-7-12/h12-16,18-19H,2-11,17H2,1H3. The van der Waals surface area contributed by atoms with Crippen molar-refractivity contribution in [3.63, 3.8) is 0 Å². The molecule has 4 N–H and O–H groups in total. The third-order valence-corrected chi connectivity index (χ3v) is 5.42. The number of unbranched alkanes of at least 4 members (excludes halogenated alkanes) is 2. The van der Waals surface area contributed by atoms with Crippen LogP contribution >= 0.6 is 0 Å². The van der Waals surface area contributed by atoms with E-state index in [9.17, 15) is 0 Å². The van der Waals surface area contributed by atoms with Crippen molar-refractivity contribution >= 4 is 0 Å². The average molecular weight is 280 g/mol. The van der Waals surface area contributed by atoms with E-state index in [0.29, 0.717) is 18.2 Å². The minimum atomic E-state index is 0.302. The molecule has 1 aliphatic carbocycles. The third-order valence-electron chi connectivity index (χ3n) is 5.42. The Balaban J connectivity index is 1.65. The second kappa shape index (κ2) is 6.73. The first kappa shape index (κ1) is 14.8. The highest BCUT2D eigenvalue weighted by atomic mass is 15.4. The van der Waals surface area contributed by atoms with Crippen molar-refractivity contribution in [2.24, 2.45) is 17.6 Å². The topological polar surface area (TPSA) is 53.3 Å². The molecule has 0 bridgehead atoms. The third kappa shape index (κ3) is 3.19. The van der Waals surface area contributed by atoms with Crippen molar-refractivity contribution in [3.05, 3.63) is 0 Å². The van der Waals surface area contributed by atoms with Crippen molar-refractivity contribution < 1.29 is 0 Å². The molecule has 116 valence electrons. The van der Waals surface area contributed by atoms with Gasteiger partial charge in [0.1, 0.15) is 0 Å². The summed E-state index contributed by atoms with van der Waals surface area (Å²) in [5.74, 6) is 1.64. The van der Waals surface area contributed by atoms with Crippen molar-refractivity contribution in [3.8, 4) is 0 Å². The zero-order chi connectivity index (χ0) is 13.9. The molecule has 3 aliphatic rings. The molecule has 0 aromatic heterocycles. The van der Waals surface area contributed by atoms with Crippen molar-refractivity contribution in [1.82, 2.24) is 15.5 Å². The predicted octanol–water partition coefficient (Wildman–Crippen LogP) is 1.12. The maximum Gasteiger partial charge on any atom is 0.0630 e. The van der Waals surface area contributed by atoms with Crippen LogP contribution in [0.25, 0.3) is 0 Å². The molecule has 3 fully saturated rings. The van der Waals surface area contributed by atoms with Crippen molar-refractivity contribution in [2.75, 3.05) is 26.2 Å². The van der Waals surface area contributed by atoms with Crippen molar-refractivity contribution in [1.29, 1.82) is 0 Å². The van der Waals surface area contributed by atoms with Gasteiger partial charge in [-0.15, -0.1) is 0 Å². The number of rotatable bonds is 6. The van der Waals surface area contributed by atoms with E-state index in [-0.39, 0.29) is 0 Å². The Morgan fingerprint density at radius 3 is 2.80 bits per heavy atom. The average Bonchev–Trinajstić information content (AvgIpc) is 3.18. The number of piperidine rings is 1. The Kier molecular flexibility index (Phi) is 4.97. The Bertz CT molecular complexity index is 305. The lowest BCUT2D eigenvalue weighted by Gasteiger charge is -2.44. The van der Waals surface area contributed by atoms with Crippen LogP contribution in [-0.4, -0.2) is 49.3 Å². The van der Waals surface area contributed by atoms with Crippen LogP contribution < -0.4 is 16.4 Å². The second-order valence-corrected chi connectivity index (χ2v) is 7.04. The van der Waals surface area contributed by atoms with Crippen LogP contribution in [0.4, 0.5) is 0 Å². The second-order valence-electron chi connectivity index (χ2n) is 7.04. The minimum Gasteiger partial charge on any atom is -0.325 e. The molecular weight excluding hydrogens is 248 g/mol. The predicted molar refractivity (Wildman–Crippen MR) is 83.5 cm³/mol. The van der Waals surface area contributed by atoms with Gasteiger partial charge in [-0.2, -0.15) is 0 Å². The van der Waals surface area contributed by atoms with Gasteiger partial charge in [0, 0.05) is 31.7 Å². The Morgan fingerprint density at radius 1 is 1.20 bits per heavy atom. The molecule has 2 aliphatic heterocycles. The monoisotopic (exact) mass is 280 g/mol. The normalized spacial score (nSPS) is 39.3. The number of nitrogens with zero attached hydrogens (tertiary/aromatic N) is 1. The van der Waals surface area contributed by atoms with Crippen LogP contribution in [0, 0.1) is 11.8 Å². The van der Waals surface area contributed by atoms with Crippen LogP contribution in [0.2, 0.25) is 0 Å². The molecule has 4 nitrogen and oxygen atoms in total. The smallest absolute Gasteiger partial charge is 0.0630 e. The van der Waals surface area contributed by atoms with Gasteiger partial charge in [-0.3, -0.25) is 4.90 Å². The zero-order valence-corrected chi connectivity index (χ0v) is 13.0. The van der Waals surface area contributed by atoms with Gasteiger partial charge in [-0.1, -0.05) is 26.2 Å². The molecule has 4 unspecified atom stereocenters. The number of nitrogens with one attached hydrogen (secondary N) is 2. The van der Waals surface area contributed by atoms with E-state index >= 15 is 0 Å². The van der Waals surface area contributed by atoms with Crippen LogP contribution in [0.3, 0.4) is 0 Å². The van der Waals surface area contributed by atoms with Crippen LogP contribution in [0.1, 0.15) is 45.4 Å². The Morgan fingerprint density at radius 2 is 2.05 bits per heavy atom. The largest absolute Gasteiger partial charge is 0.325 e. The van der Waals surface area contributed by atoms with Gasteiger partial charge < -0.3 is 16.4 Å². The molecule has 2 heterocycles. The van der Waals surface area contributed by atoms with Gasteiger partial charge in [0.05, 0.1) is 6.17 Å².